The standard InChI is InChI=1S/C20H25ClN2O2S/c21-17-7-4-6-16(12-17)14-26-15-20(24)22-13-18(19-8-5-11-25-19)23-9-2-1-3-10-23/h4-8,11-12,18H,1-3,9-10,13-15H2,(H,22,24). The maximum atomic E-state index is 12.2. The Labute approximate surface area is 164 Å². The van der Waals surface area contributed by atoms with Crippen LogP contribution in [-0.4, -0.2) is 36.2 Å². The Morgan fingerprint density at radius 3 is 2.81 bits per heavy atom. The average Bonchev–Trinajstić information content (AvgIpc) is 3.17. The van der Waals surface area contributed by atoms with Gasteiger partial charge < -0.3 is 9.73 Å². The van der Waals surface area contributed by atoms with Crippen LogP contribution < -0.4 is 5.32 Å². The minimum atomic E-state index is 0.0607. The number of piperidine rings is 1. The summed E-state index contributed by atoms with van der Waals surface area (Å²) in [4.78, 5) is 14.7. The summed E-state index contributed by atoms with van der Waals surface area (Å²) < 4.78 is 5.62. The highest BCUT2D eigenvalue weighted by Gasteiger charge is 2.24. The van der Waals surface area contributed by atoms with Gasteiger partial charge in [-0.05, 0) is 55.8 Å². The molecule has 0 radical (unpaired) electrons. The van der Waals surface area contributed by atoms with Crippen molar-refractivity contribution in [2.24, 2.45) is 0 Å². The number of carbonyl (C=O) groups excluding carboxylic acids is 1. The van der Waals surface area contributed by atoms with E-state index in [2.05, 4.69) is 10.2 Å². The third-order valence-corrected chi connectivity index (χ3v) is 5.83. The molecule has 0 saturated carbocycles. The number of nitrogens with zero attached hydrogens (tertiary/aromatic N) is 1. The van der Waals surface area contributed by atoms with E-state index in [0.717, 1.165) is 35.2 Å². The maximum Gasteiger partial charge on any atom is 0.230 e. The minimum absolute atomic E-state index is 0.0607. The van der Waals surface area contributed by atoms with Crippen LogP contribution in [0.4, 0.5) is 0 Å². The van der Waals surface area contributed by atoms with Crippen molar-refractivity contribution in [2.45, 2.75) is 31.1 Å². The summed E-state index contributed by atoms with van der Waals surface area (Å²) in [7, 11) is 0. The van der Waals surface area contributed by atoms with Crippen molar-refractivity contribution in [2.75, 3.05) is 25.4 Å². The van der Waals surface area contributed by atoms with Crippen LogP contribution in [0.5, 0.6) is 0 Å². The monoisotopic (exact) mass is 392 g/mol. The van der Waals surface area contributed by atoms with Gasteiger partial charge in [-0.2, -0.15) is 0 Å². The number of furan rings is 1. The number of hydrogen-bond donors (Lipinski definition) is 1. The Balaban J connectivity index is 1.46. The SMILES string of the molecule is O=C(CSCc1cccc(Cl)c1)NCC(c1ccco1)N1CCCCC1. The predicted octanol–water partition coefficient (Wildman–Crippen LogP) is 4.51. The first-order valence-electron chi connectivity index (χ1n) is 9.09. The third-order valence-electron chi connectivity index (χ3n) is 4.59. The molecule has 1 aliphatic heterocycles. The fourth-order valence-corrected chi connectivity index (χ4v) is 4.29. The zero-order chi connectivity index (χ0) is 18.2. The molecule has 1 fully saturated rings. The summed E-state index contributed by atoms with van der Waals surface area (Å²) in [5.41, 5.74) is 1.14. The van der Waals surface area contributed by atoms with Crippen molar-refractivity contribution < 1.29 is 9.21 Å². The summed E-state index contributed by atoms with van der Waals surface area (Å²) in [6.07, 6.45) is 5.41. The Bertz CT molecular complexity index is 687. The van der Waals surface area contributed by atoms with Crippen LogP contribution in [0.15, 0.2) is 47.1 Å². The Morgan fingerprint density at radius 1 is 1.23 bits per heavy atom. The number of nitrogens with one attached hydrogen (secondary N) is 1. The molecular formula is C20H25ClN2O2S. The molecule has 3 rings (SSSR count). The summed E-state index contributed by atoms with van der Waals surface area (Å²) >= 11 is 7.59. The van der Waals surface area contributed by atoms with Crippen LogP contribution in [0.25, 0.3) is 0 Å². The molecule has 0 aliphatic carbocycles. The second-order valence-electron chi connectivity index (χ2n) is 6.55. The summed E-state index contributed by atoms with van der Waals surface area (Å²) in [5.74, 6) is 2.21. The zero-order valence-electron chi connectivity index (χ0n) is 14.8. The number of benzene rings is 1. The van der Waals surface area contributed by atoms with E-state index >= 15 is 0 Å². The number of likely N-dealkylation sites (tertiary alicyclic amines) is 1. The topological polar surface area (TPSA) is 45.5 Å². The molecule has 0 bridgehead atoms. The molecule has 6 heteroatoms. The van der Waals surface area contributed by atoms with E-state index in [1.54, 1.807) is 18.0 Å². The van der Waals surface area contributed by atoms with Crippen molar-refractivity contribution in [1.82, 2.24) is 10.2 Å². The predicted molar refractivity (Wildman–Crippen MR) is 107 cm³/mol. The normalized spacial score (nSPS) is 16.3. The number of rotatable bonds is 8. The van der Waals surface area contributed by atoms with Gasteiger partial charge in [0.15, 0.2) is 0 Å². The van der Waals surface area contributed by atoms with Crippen LogP contribution >= 0.6 is 23.4 Å². The molecule has 1 amide bonds. The molecule has 4 nitrogen and oxygen atoms in total. The number of amides is 1. The van der Waals surface area contributed by atoms with Gasteiger partial charge in [0.2, 0.25) is 5.91 Å². The van der Waals surface area contributed by atoms with Gasteiger partial charge in [0.05, 0.1) is 18.1 Å². The van der Waals surface area contributed by atoms with Gasteiger partial charge >= 0.3 is 0 Å². The number of thioether (sulfide) groups is 1. The van der Waals surface area contributed by atoms with Crippen LogP contribution in [0.2, 0.25) is 5.02 Å². The number of halogens is 1. The van der Waals surface area contributed by atoms with Gasteiger partial charge in [-0.3, -0.25) is 9.69 Å². The minimum Gasteiger partial charge on any atom is -0.468 e. The van der Waals surface area contributed by atoms with E-state index in [9.17, 15) is 4.79 Å². The molecule has 2 aromatic rings. The first kappa shape index (κ1) is 19.3. The molecule has 1 aliphatic rings. The lowest BCUT2D eigenvalue weighted by molar-refractivity contribution is -0.118. The van der Waals surface area contributed by atoms with E-state index in [0.29, 0.717) is 12.3 Å². The van der Waals surface area contributed by atoms with E-state index in [4.69, 9.17) is 16.0 Å². The molecule has 2 heterocycles. The van der Waals surface area contributed by atoms with Crippen LogP contribution in [0.3, 0.4) is 0 Å². The van der Waals surface area contributed by atoms with Crippen molar-refractivity contribution >= 4 is 29.3 Å². The fraction of sp³-hybridized carbons (Fsp3) is 0.450. The molecule has 1 unspecified atom stereocenters. The van der Waals surface area contributed by atoms with Gasteiger partial charge in [-0.25, -0.2) is 0 Å². The highest BCUT2D eigenvalue weighted by Crippen LogP contribution is 2.24. The van der Waals surface area contributed by atoms with E-state index in [1.165, 1.54) is 19.3 Å². The lowest BCUT2D eigenvalue weighted by Crippen LogP contribution is -2.40. The largest absolute Gasteiger partial charge is 0.468 e. The van der Waals surface area contributed by atoms with E-state index in [-0.39, 0.29) is 11.9 Å². The van der Waals surface area contributed by atoms with Gasteiger partial charge in [0.1, 0.15) is 5.76 Å². The van der Waals surface area contributed by atoms with Crippen molar-refractivity contribution in [1.29, 1.82) is 0 Å². The zero-order valence-corrected chi connectivity index (χ0v) is 16.4. The van der Waals surface area contributed by atoms with Crippen molar-refractivity contribution in [3.63, 3.8) is 0 Å². The number of hydrogen-bond acceptors (Lipinski definition) is 4. The quantitative estimate of drug-likeness (QED) is 0.717. The highest BCUT2D eigenvalue weighted by molar-refractivity contribution is 7.99. The second kappa shape index (κ2) is 10.0. The van der Waals surface area contributed by atoms with Gasteiger partial charge in [-0.1, -0.05) is 30.2 Å². The summed E-state index contributed by atoms with van der Waals surface area (Å²) in [5, 5.41) is 3.81. The van der Waals surface area contributed by atoms with Gasteiger partial charge in [-0.15, -0.1) is 11.8 Å². The molecule has 0 spiro atoms. The van der Waals surface area contributed by atoms with Crippen LogP contribution in [0.1, 0.15) is 36.6 Å². The molecule has 140 valence electrons. The van der Waals surface area contributed by atoms with Crippen molar-refractivity contribution in [3.8, 4) is 0 Å². The maximum absolute atomic E-state index is 12.2. The second-order valence-corrected chi connectivity index (χ2v) is 7.98. The van der Waals surface area contributed by atoms with E-state index < -0.39 is 0 Å². The first-order valence-corrected chi connectivity index (χ1v) is 10.6. The summed E-state index contributed by atoms with van der Waals surface area (Å²) in [6.45, 7) is 2.71. The van der Waals surface area contributed by atoms with Crippen LogP contribution in [0, 0.1) is 0 Å². The summed E-state index contributed by atoms with van der Waals surface area (Å²) in [6, 6.07) is 11.8. The van der Waals surface area contributed by atoms with Crippen LogP contribution in [-0.2, 0) is 10.5 Å². The molecule has 1 atom stereocenters. The molecular weight excluding hydrogens is 368 g/mol. The Morgan fingerprint density at radius 2 is 2.08 bits per heavy atom. The lowest BCUT2D eigenvalue weighted by Gasteiger charge is -2.33. The lowest BCUT2D eigenvalue weighted by atomic mass is 10.1. The smallest absolute Gasteiger partial charge is 0.230 e. The molecule has 26 heavy (non-hydrogen) atoms. The third kappa shape index (κ3) is 5.79. The Kier molecular flexibility index (Phi) is 7.47. The molecule has 1 saturated heterocycles. The molecule has 1 aromatic carbocycles. The fourth-order valence-electron chi connectivity index (χ4n) is 3.27. The number of carbonyl (C=O) groups is 1. The molecule has 1 aromatic heterocycles. The highest BCUT2D eigenvalue weighted by atomic mass is 35.5. The first-order chi connectivity index (χ1) is 12.7. The Hall–Kier alpha value is -1.43. The van der Waals surface area contributed by atoms with E-state index in [1.807, 2.05) is 36.4 Å². The molecule has 1 N–H and O–H groups in total. The van der Waals surface area contributed by atoms with Crippen molar-refractivity contribution in [3.05, 3.63) is 59.0 Å². The van der Waals surface area contributed by atoms with Gasteiger partial charge in [0, 0.05) is 17.3 Å². The van der Waals surface area contributed by atoms with Gasteiger partial charge in [0.25, 0.3) is 0 Å². The average molecular weight is 393 g/mol.